The van der Waals surface area contributed by atoms with E-state index in [0.717, 1.165) is 30.6 Å². The monoisotopic (exact) mass is 331 g/mol. The van der Waals surface area contributed by atoms with Crippen LogP contribution in [0.25, 0.3) is 11.5 Å². The van der Waals surface area contributed by atoms with Gasteiger partial charge in [0.2, 0.25) is 11.8 Å². The van der Waals surface area contributed by atoms with Crippen LogP contribution in [0.1, 0.15) is 25.3 Å². The van der Waals surface area contributed by atoms with E-state index in [9.17, 15) is 4.79 Å². The Morgan fingerprint density at radius 3 is 3.09 bits per heavy atom. The SMILES string of the molecule is Cc1cccc(-c2nnc(SCC(=O)N3CCCC(C)C3)o2)c1. The van der Waals surface area contributed by atoms with Crippen LogP contribution in [-0.4, -0.2) is 39.8 Å². The first kappa shape index (κ1) is 16.1. The Labute approximate surface area is 140 Å². The molecule has 0 saturated carbocycles. The maximum atomic E-state index is 12.3. The van der Waals surface area contributed by atoms with Crippen molar-refractivity contribution in [2.24, 2.45) is 5.92 Å². The minimum absolute atomic E-state index is 0.150. The largest absolute Gasteiger partial charge is 0.411 e. The van der Waals surface area contributed by atoms with Crippen LogP contribution in [0.15, 0.2) is 33.9 Å². The second-order valence-corrected chi connectivity index (χ2v) is 7.05. The van der Waals surface area contributed by atoms with Crippen molar-refractivity contribution in [3.8, 4) is 11.5 Å². The van der Waals surface area contributed by atoms with Gasteiger partial charge in [-0.15, -0.1) is 10.2 Å². The van der Waals surface area contributed by atoms with Gasteiger partial charge in [-0.3, -0.25) is 4.79 Å². The molecular weight excluding hydrogens is 310 g/mol. The molecule has 23 heavy (non-hydrogen) atoms. The molecular formula is C17H21N3O2S. The molecule has 0 N–H and O–H groups in total. The molecule has 6 heteroatoms. The van der Waals surface area contributed by atoms with Crippen LogP contribution in [0.2, 0.25) is 0 Å². The summed E-state index contributed by atoms with van der Waals surface area (Å²) in [6.45, 7) is 5.94. The molecule has 1 aromatic heterocycles. The zero-order valence-electron chi connectivity index (χ0n) is 13.5. The van der Waals surface area contributed by atoms with E-state index in [0.29, 0.717) is 22.8 Å². The third-order valence-electron chi connectivity index (χ3n) is 4.00. The van der Waals surface area contributed by atoms with E-state index < -0.39 is 0 Å². The predicted molar refractivity (Wildman–Crippen MR) is 90.2 cm³/mol. The van der Waals surface area contributed by atoms with Crippen molar-refractivity contribution in [2.45, 2.75) is 31.9 Å². The summed E-state index contributed by atoms with van der Waals surface area (Å²) in [5, 5.41) is 8.54. The maximum Gasteiger partial charge on any atom is 0.277 e. The summed E-state index contributed by atoms with van der Waals surface area (Å²) in [5.41, 5.74) is 2.05. The summed E-state index contributed by atoms with van der Waals surface area (Å²) >= 11 is 1.31. The van der Waals surface area contributed by atoms with E-state index in [1.165, 1.54) is 18.2 Å². The fourth-order valence-corrected chi connectivity index (χ4v) is 3.46. The number of benzene rings is 1. The summed E-state index contributed by atoms with van der Waals surface area (Å²) in [5.74, 6) is 1.59. The Balaban J connectivity index is 1.58. The van der Waals surface area contributed by atoms with Gasteiger partial charge in [0.15, 0.2) is 0 Å². The first-order valence-corrected chi connectivity index (χ1v) is 8.91. The molecule has 1 aliphatic heterocycles. The number of hydrogen-bond acceptors (Lipinski definition) is 5. The quantitative estimate of drug-likeness (QED) is 0.804. The summed E-state index contributed by atoms with van der Waals surface area (Å²) in [4.78, 5) is 14.2. The number of piperidine rings is 1. The smallest absolute Gasteiger partial charge is 0.277 e. The third-order valence-corrected chi connectivity index (χ3v) is 4.80. The second-order valence-electron chi connectivity index (χ2n) is 6.12. The first-order valence-electron chi connectivity index (χ1n) is 7.93. The molecule has 1 atom stereocenters. The number of aryl methyl sites for hydroxylation is 1. The van der Waals surface area contributed by atoms with E-state index in [1.54, 1.807) is 0 Å². The zero-order chi connectivity index (χ0) is 16.2. The highest BCUT2D eigenvalue weighted by Gasteiger charge is 2.21. The van der Waals surface area contributed by atoms with E-state index in [1.807, 2.05) is 36.1 Å². The minimum atomic E-state index is 0.150. The third kappa shape index (κ3) is 4.13. The number of aromatic nitrogens is 2. The summed E-state index contributed by atoms with van der Waals surface area (Å²) in [6.07, 6.45) is 2.30. The van der Waals surface area contributed by atoms with Gasteiger partial charge in [0.25, 0.3) is 5.22 Å². The molecule has 1 aliphatic rings. The van der Waals surface area contributed by atoms with Crippen LogP contribution in [-0.2, 0) is 4.79 Å². The Morgan fingerprint density at radius 1 is 1.43 bits per heavy atom. The lowest BCUT2D eigenvalue weighted by molar-refractivity contribution is -0.130. The minimum Gasteiger partial charge on any atom is -0.411 e. The van der Waals surface area contributed by atoms with Gasteiger partial charge in [-0.05, 0) is 37.8 Å². The van der Waals surface area contributed by atoms with Gasteiger partial charge < -0.3 is 9.32 Å². The summed E-state index contributed by atoms with van der Waals surface area (Å²) in [6, 6.07) is 7.92. The lowest BCUT2D eigenvalue weighted by Gasteiger charge is -2.30. The number of carbonyl (C=O) groups excluding carboxylic acids is 1. The van der Waals surface area contributed by atoms with Crippen molar-refractivity contribution in [3.05, 3.63) is 29.8 Å². The molecule has 2 heterocycles. The van der Waals surface area contributed by atoms with Gasteiger partial charge in [-0.25, -0.2) is 0 Å². The highest BCUT2D eigenvalue weighted by atomic mass is 32.2. The fourth-order valence-electron chi connectivity index (χ4n) is 2.79. The maximum absolute atomic E-state index is 12.3. The van der Waals surface area contributed by atoms with E-state index in [2.05, 4.69) is 17.1 Å². The molecule has 1 fully saturated rings. The van der Waals surface area contributed by atoms with Crippen molar-refractivity contribution in [3.63, 3.8) is 0 Å². The molecule has 1 saturated heterocycles. The molecule has 5 nitrogen and oxygen atoms in total. The van der Waals surface area contributed by atoms with Crippen LogP contribution < -0.4 is 0 Å². The number of nitrogens with zero attached hydrogens (tertiary/aromatic N) is 3. The van der Waals surface area contributed by atoms with E-state index >= 15 is 0 Å². The van der Waals surface area contributed by atoms with E-state index in [4.69, 9.17) is 4.42 Å². The van der Waals surface area contributed by atoms with Crippen molar-refractivity contribution in [2.75, 3.05) is 18.8 Å². The van der Waals surface area contributed by atoms with Gasteiger partial charge in [0.1, 0.15) is 0 Å². The number of rotatable bonds is 4. The molecule has 0 bridgehead atoms. The van der Waals surface area contributed by atoms with Crippen molar-refractivity contribution in [1.82, 2.24) is 15.1 Å². The number of amides is 1. The summed E-state index contributed by atoms with van der Waals surface area (Å²) in [7, 11) is 0. The zero-order valence-corrected chi connectivity index (χ0v) is 14.3. The molecule has 3 rings (SSSR count). The average Bonchev–Trinajstić information content (AvgIpc) is 3.01. The standard InChI is InChI=1S/C17H21N3O2S/c1-12-5-3-7-14(9-12)16-18-19-17(22-16)23-11-15(21)20-8-4-6-13(2)10-20/h3,5,7,9,13H,4,6,8,10-11H2,1-2H3. The lowest BCUT2D eigenvalue weighted by atomic mass is 10.0. The van der Waals surface area contributed by atoms with Crippen LogP contribution in [0.5, 0.6) is 0 Å². The van der Waals surface area contributed by atoms with Crippen LogP contribution in [0, 0.1) is 12.8 Å². The van der Waals surface area contributed by atoms with Crippen LogP contribution in [0.3, 0.4) is 0 Å². The van der Waals surface area contributed by atoms with Crippen molar-refractivity contribution >= 4 is 17.7 Å². The molecule has 0 spiro atoms. The molecule has 1 amide bonds. The van der Waals surface area contributed by atoms with Crippen LogP contribution >= 0.6 is 11.8 Å². The lowest BCUT2D eigenvalue weighted by Crippen LogP contribution is -2.40. The van der Waals surface area contributed by atoms with Gasteiger partial charge in [0, 0.05) is 18.7 Å². The fraction of sp³-hybridized carbons (Fsp3) is 0.471. The average molecular weight is 331 g/mol. The predicted octanol–water partition coefficient (Wildman–Crippen LogP) is 3.40. The first-order chi connectivity index (χ1) is 11.1. The number of likely N-dealkylation sites (tertiary alicyclic amines) is 1. The Bertz CT molecular complexity index is 686. The Morgan fingerprint density at radius 2 is 2.30 bits per heavy atom. The number of thioether (sulfide) groups is 1. The van der Waals surface area contributed by atoms with Gasteiger partial charge >= 0.3 is 0 Å². The number of carbonyl (C=O) groups is 1. The molecule has 0 radical (unpaired) electrons. The van der Waals surface area contributed by atoms with Gasteiger partial charge in [-0.1, -0.05) is 36.4 Å². The topological polar surface area (TPSA) is 59.2 Å². The van der Waals surface area contributed by atoms with Crippen LogP contribution in [0.4, 0.5) is 0 Å². The molecule has 122 valence electrons. The normalized spacial score (nSPS) is 18.2. The summed E-state index contributed by atoms with van der Waals surface area (Å²) < 4.78 is 5.65. The highest BCUT2D eigenvalue weighted by molar-refractivity contribution is 7.99. The second kappa shape index (κ2) is 7.17. The molecule has 1 aromatic carbocycles. The van der Waals surface area contributed by atoms with Crippen molar-refractivity contribution in [1.29, 1.82) is 0 Å². The Kier molecular flexibility index (Phi) is 5.00. The Hall–Kier alpha value is -1.82. The van der Waals surface area contributed by atoms with Gasteiger partial charge in [-0.2, -0.15) is 0 Å². The van der Waals surface area contributed by atoms with Crippen molar-refractivity contribution < 1.29 is 9.21 Å². The number of hydrogen-bond donors (Lipinski definition) is 0. The van der Waals surface area contributed by atoms with E-state index in [-0.39, 0.29) is 5.91 Å². The van der Waals surface area contributed by atoms with Gasteiger partial charge in [0.05, 0.1) is 5.75 Å². The highest BCUT2D eigenvalue weighted by Crippen LogP contribution is 2.24. The molecule has 1 unspecified atom stereocenters. The molecule has 0 aliphatic carbocycles. The molecule has 2 aromatic rings.